The van der Waals surface area contributed by atoms with Crippen molar-refractivity contribution in [2.24, 2.45) is 0 Å². The molecule has 0 aliphatic carbocycles. The first kappa shape index (κ1) is 13.6. The molecule has 0 unspecified atom stereocenters. The zero-order chi connectivity index (χ0) is 14.2. The van der Waals surface area contributed by atoms with E-state index in [1.54, 1.807) is 0 Å². The molecule has 0 spiro atoms. The lowest BCUT2D eigenvalue weighted by Gasteiger charge is -2.06. The van der Waals surface area contributed by atoms with Crippen molar-refractivity contribution in [2.45, 2.75) is 6.92 Å². The van der Waals surface area contributed by atoms with Crippen molar-refractivity contribution in [3.63, 3.8) is 0 Å². The number of aryl methyl sites for hydroxylation is 1. The number of carbonyl (C=O) groups is 1. The first-order valence-electron chi connectivity index (χ1n) is 5.35. The average molecular weight is 285 g/mol. The molecule has 98 valence electrons. The maximum atomic E-state index is 13.7. The minimum atomic E-state index is -0.948. The molecule has 0 atom stereocenters. The molecule has 0 saturated carbocycles. The highest BCUT2D eigenvalue weighted by molar-refractivity contribution is 6.31. The summed E-state index contributed by atoms with van der Waals surface area (Å²) in [6.45, 7) is 1.37. The SMILES string of the molecule is Cc1cc(F)c(C(=O)c2cc(Cl)ccc2F)cc1F. The van der Waals surface area contributed by atoms with Gasteiger partial charge in [0.15, 0.2) is 5.78 Å². The zero-order valence-corrected chi connectivity index (χ0v) is 10.6. The van der Waals surface area contributed by atoms with Gasteiger partial charge in [0.25, 0.3) is 0 Å². The van der Waals surface area contributed by atoms with Gasteiger partial charge >= 0.3 is 0 Å². The van der Waals surface area contributed by atoms with Gasteiger partial charge in [-0.2, -0.15) is 0 Å². The van der Waals surface area contributed by atoms with Crippen LogP contribution in [0.2, 0.25) is 5.02 Å². The summed E-state index contributed by atoms with van der Waals surface area (Å²) in [6, 6.07) is 4.99. The topological polar surface area (TPSA) is 17.1 Å². The van der Waals surface area contributed by atoms with Crippen LogP contribution in [0, 0.1) is 24.4 Å². The van der Waals surface area contributed by atoms with Crippen molar-refractivity contribution < 1.29 is 18.0 Å². The normalized spacial score (nSPS) is 10.6. The van der Waals surface area contributed by atoms with Crippen molar-refractivity contribution in [3.05, 3.63) is 69.5 Å². The molecule has 19 heavy (non-hydrogen) atoms. The number of hydrogen-bond acceptors (Lipinski definition) is 1. The summed E-state index contributed by atoms with van der Waals surface area (Å²) in [7, 11) is 0. The molecule has 5 heteroatoms. The van der Waals surface area contributed by atoms with Gasteiger partial charge in [0.05, 0.1) is 11.1 Å². The molecule has 0 bridgehead atoms. The van der Waals surface area contributed by atoms with E-state index in [9.17, 15) is 18.0 Å². The van der Waals surface area contributed by atoms with E-state index in [1.165, 1.54) is 13.0 Å². The van der Waals surface area contributed by atoms with E-state index in [0.717, 1.165) is 24.3 Å². The highest BCUT2D eigenvalue weighted by Crippen LogP contribution is 2.21. The maximum absolute atomic E-state index is 13.7. The number of carbonyl (C=O) groups excluding carboxylic acids is 1. The van der Waals surface area contributed by atoms with Gasteiger partial charge in [-0.05, 0) is 42.8 Å². The standard InChI is InChI=1S/C14H8ClF3O/c1-7-4-13(18)10(6-12(7)17)14(19)9-5-8(15)2-3-11(9)16/h2-6H,1H3. The van der Waals surface area contributed by atoms with Gasteiger partial charge in [0, 0.05) is 5.02 Å². The summed E-state index contributed by atoms with van der Waals surface area (Å²) < 4.78 is 40.6. The molecular formula is C14H8ClF3O. The Labute approximate surface area is 112 Å². The van der Waals surface area contributed by atoms with Gasteiger partial charge in [0.2, 0.25) is 0 Å². The van der Waals surface area contributed by atoms with E-state index in [1.807, 2.05) is 0 Å². The van der Waals surface area contributed by atoms with Crippen molar-refractivity contribution >= 4 is 17.4 Å². The fraction of sp³-hybridized carbons (Fsp3) is 0.0714. The van der Waals surface area contributed by atoms with Gasteiger partial charge in [-0.15, -0.1) is 0 Å². The first-order chi connectivity index (χ1) is 8.90. The van der Waals surface area contributed by atoms with Crippen LogP contribution in [-0.4, -0.2) is 5.78 Å². The third-order valence-electron chi connectivity index (χ3n) is 2.67. The lowest BCUT2D eigenvalue weighted by Crippen LogP contribution is -2.08. The molecule has 0 radical (unpaired) electrons. The Hall–Kier alpha value is -1.81. The quantitative estimate of drug-likeness (QED) is 0.752. The molecule has 0 saturated heterocycles. The molecular weight excluding hydrogens is 277 g/mol. The molecule has 0 N–H and O–H groups in total. The van der Waals surface area contributed by atoms with Crippen molar-refractivity contribution in [2.75, 3.05) is 0 Å². The second-order valence-electron chi connectivity index (χ2n) is 4.03. The molecule has 1 nitrogen and oxygen atoms in total. The largest absolute Gasteiger partial charge is 0.288 e. The Kier molecular flexibility index (Phi) is 3.62. The Balaban J connectivity index is 2.56. The smallest absolute Gasteiger partial charge is 0.199 e. The van der Waals surface area contributed by atoms with Crippen molar-refractivity contribution in [1.82, 2.24) is 0 Å². The first-order valence-corrected chi connectivity index (χ1v) is 5.73. The van der Waals surface area contributed by atoms with Crippen LogP contribution in [0.25, 0.3) is 0 Å². The van der Waals surface area contributed by atoms with E-state index >= 15 is 0 Å². The summed E-state index contributed by atoms with van der Waals surface area (Å²) >= 11 is 5.66. The Morgan fingerprint density at radius 2 is 1.58 bits per heavy atom. The summed E-state index contributed by atoms with van der Waals surface area (Å²) in [5.41, 5.74) is -0.848. The fourth-order valence-corrected chi connectivity index (χ4v) is 1.81. The molecule has 2 aromatic rings. The van der Waals surface area contributed by atoms with Gasteiger partial charge < -0.3 is 0 Å². The van der Waals surface area contributed by atoms with E-state index in [-0.39, 0.29) is 10.6 Å². The Bertz CT molecular complexity index is 668. The average Bonchev–Trinajstić information content (AvgIpc) is 2.36. The van der Waals surface area contributed by atoms with Crippen LogP contribution in [0.1, 0.15) is 21.5 Å². The summed E-state index contributed by atoms with van der Waals surface area (Å²) in [6.07, 6.45) is 0. The molecule has 0 heterocycles. The van der Waals surface area contributed by atoms with Crippen LogP contribution in [0.3, 0.4) is 0 Å². The fourth-order valence-electron chi connectivity index (χ4n) is 1.64. The van der Waals surface area contributed by atoms with E-state index < -0.39 is 34.4 Å². The lowest BCUT2D eigenvalue weighted by molar-refractivity contribution is 0.103. The maximum Gasteiger partial charge on any atom is 0.199 e. The predicted molar refractivity (Wildman–Crippen MR) is 65.9 cm³/mol. The number of halogens is 4. The monoisotopic (exact) mass is 284 g/mol. The second kappa shape index (κ2) is 5.05. The third kappa shape index (κ3) is 2.63. The van der Waals surface area contributed by atoms with E-state index in [4.69, 9.17) is 11.6 Å². The zero-order valence-electron chi connectivity index (χ0n) is 9.81. The number of benzene rings is 2. The van der Waals surface area contributed by atoms with Gasteiger partial charge in [-0.3, -0.25) is 4.79 Å². The number of hydrogen-bond donors (Lipinski definition) is 0. The second-order valence-corrected chi connectivity index (χ2v) is 4.47. The van der Waals surface area contributed by atoms with Gasteiger partial charge in [-0.1, -0.05) is 11.6 Å². The van der Waals surface area contributed by atoms with Crippen LogP contribution in [0.15, 0.2) is 30.3 Å². The summed E-state index contributed by atoms with van der Waals surface area (Å²) in [4.78, 5) is 12.0. The molecule has 0 aliphatic heterocycles. The molecule has 0 fully saturated rings. The third-order valence-corrected chi connectivity index (χ3v) is 2.90. The minimum absolute atomic E-state index is 0.0700. The predicted octanol–water partition coefficient (Wildman–Crippen LogP) is 4.30. The van der Waals surface area contributed by atoms with Crippen LogP contribution in [0.5, 0.6) is 0 Å². The molecule has 0 amide bonds. The van der Waals surface area contributed by atoms with Crippen LogP contribution < -0.4 is 0 Å². The Morgan fingerprint density at radius 3 is 2.26 bits per heavy atom. The lowest BCUT2D eigenvalue weighted by atomic mass is 10.0. The molecule has 0 aliphatic rings. The summed E-state index contributed by atoms with van der Waals surface area (Å²) in [5, 5.41) is 0.137. The van der Waals surface area contributed by atoms with Gasteiger partial charge in [0.1, 0.15) is 17.5 Å². The molecule has 2 rings (SSSR count). The van der Waals surface area contributed by atoms with Crippen LogP contribution >= 0.6 is 11.6 Å². The van der Waals surface area contributed by atoms with Crippen LogP contribution in [-0.2, 0) is 0 Å². The van der Waals surface area contributed by atoms with Crippen molar-refractivity contribution in [3.8, 4) is 0 Å². The molecule has 0 aromatic heterocycles. The minimum Gasteiger partial charge on any atom is -0.288 e. The van der Waals surface area contributed by atoms with Crippen LogP contribution in [0.4, 0.5) is 13.2 Å². The van der Waals surface area contributed by atoms with Gasteiger partial charge in [-0.25, -0.2) is 13.2 Å². The van der Waals surface area contributed by atoms with E-state index in [2.05, 4.69) is 0 Å². The highest BCUT2D eigenvalue weighted by Gasteiger charge is 2.19. The number of ketones is 1. The Morgan fingerprint density at radius 1 is 0.947 bits per heavy atom. The molecule has 2 aromatic carbocycles. The van der Waals surface area contributed by atoms with Crippen molar-refractivity contribution in [1.29, 1.82) is 0 Å². The van der Waals surface area contributed by atoms with E-state index in [0.29, 0.717) is 0 Å². The highest BCUT2D eigenvalue weighted by atomic mass is 35.5. The summed E-state index contributed by atoms with van der Waals surface area (Å²) in [5.74, 6) is -3.42. The number of rotatable bonds is 2.